The number of hydrogen-bond acceptors (Lipinski definition) is 5. The predicted octanol–water partition coefficient (Wildman–Crippen LogP) is 2.28. The topological polar surface area (TPSA) is 73.1 Å². The van der Waals surface area contributed by atoms with E-state index in [1.165, 1.54) is 32.0 Å². The van der Waals surface area contributed by atoms with Gasteiger partial charge in [0.05, 0.1) is 12.2 Å². The van der Waals surface area contributed by atoms with E-state index in [1.54, 1.807) is 0 Å². The molecule has 0 saturated heterocycles. The zero-order chi connectivity index (χ0) is 12.8. The van der Waals surface area contributed by atoms with E-state index in [1.807, 2.05) is 0 Å². The summed E-state index contributed by atoms with van der Waals surface area (Å²) < 4.78 is 5.87. The van der Waals surface area contributed by atoms with Gasteiger partial charge in [0.25, 0.3) is 0 Å². The number of ether oxygens (including phenoxy) is 1. The molecule has 0 amide bonds. The van der Waals surface area contributed by atoms with Gasteiger partial charge in [-0.1, -0.05) is 26.2 Å². The Labute approximate surface area is 108 Å². The van der Waals surface area contributed by atoms with Crippen LogP contribution >= 0.6 is 0 Å². The van der Waals surface area contributed by atoms with E-state index in [-0.39, 0.29) is 0 Å². The first kappa shape index (κ1) is 13.1. The minimum atomic E-state index is 0.674. The van der Waals surface area contributed by atoms with Crippen LogP contribution in [0.3, 0.4) is 0 Å². The van der Waals surface area contributed by atoms with E-state index in [2.05, 4.69) is 22.3 Å². The van der Waals surface area contributed by atoms with E-state index in [0.717, 1.165) is 25.0 Å². The summed E-state index contributed by atoms with van der Waals surface area (Å²) in [5.74, 6) is 7.52. The normalized spacial score (nSPS) is 15.9. The first-order valence-electron chi connectivity index (χ1n) is 6.78. The van der Waals surface area contributed by atoms with E-state index < -0.39 is 0 Å². The summed E-state index contributed by atoms with van der Waals surface area (Å²) in [5, 5.41) is 0. The summed E-state index contributed by atoms with van der Waals surface area (Å²) in [6.45, 7) is 2.88. The van der Waals surface area contributed by atoms with Gasteiger partial charge in [-0.05, 0) is 25.2 Å². The van der Waals surface area contributed by atoms with Crippen molar-refractivity contribution in [3.8, 4) is 5.88 Å². The van der Waals surface area contributed by atoms with Crippen molar-refractivity contribution in [2.75, 3.05) is 12.0 Å². The molecule has 100 valence electrons. The molecule has 1 aromatic rings. The Morgan fingerprint density at radius 2 is 2.17 bits per heavy atom. The molecule has 1 aromatic heterocycles. The maximum Gasteiger partial charge on any atom is 0.221 e. The van der Waals surface area contributed by atoms with Crippen LogP contribution in [0.25, 0.3) is 0 Å². The number of hydrazine groups is 1. The number of nitrogens with two attached hydrogens (primary N) is 1. The minimum absolute atomic E-state index is 0.674. The van der Waals surface area contributed by atoms with Gasteiger partial charge in [-0.3, -0.25) is 0 Å². The van der Waals surface area contributed by atoms with Gasteiger partial charge in [0.1, 0.15) is 12.1 Å². The molecule has 1 aliphatic carbocycles. The highest BCUT2D eigenvalue weighted by Gasteiger charge is 2.17. The van der Waals surface area contributed by atoms with Gasteiger partial charge in [-0.15, -0.1) is 0 Å². The second-order valence-corrected chi connectivity index (χ2v) is 4.86. The molecule has 0 bridgehead atoms. The molecule has 1 aliphatic rings. The number of aromatic nitrogens is 2. The number of rotatable bonds is 6. The molecule has 0 spiro atoms. The van der Waals surface area contributed by atoms with Gasteiger partial charge in [0, 0.05) is 0 Å². The van der Waals surface area contributed by atoms with Crippen LogP contribution in [0.4, 0.5) is 5.82 Å². The maximum absolute atomic E-state index is 5.87. The summed E-state index contributed by atoms with van der Waals surface area (Å²) in [7, 11) is 0. The molecule has 0 unspecified atom stereocenters. The van der Waals surface area contributed by atoms with Crippen LogP contribution in [0.5, 0.6) is 5.88 Å². The Hall–Kier alpha value is -1.36. The van der Waals surface area contributed by atoms with Gasteiger partial charge in [0.15, 0.2) is 0 Å². The number of anilines is 1. The molecule has 0 atom stereocenters. The monoisotopic (exact) mass is 250 g/mol. The van der Waals surface area contributed by atoms with Crippen molar-refractivity contribution < 1.29 is 4.74 Å². The smallest absolute Gasteiger partial charge is 0.221 e. The van der Waals surface area contributed by atoms with Crippen LogP contribution in [0, 0.1) is 5.92 Å². The van der Waals surface area contributed by atoms with Crippen molar-refractivity contribution in [1.82, 2.24) is 9.97 Å². The van der Waals surface area contributed by atoms with E-state index in [0.29, 0.717) is 17.6 Å². The lowest BCUT2D eigenvalue weighted by molar-refractivity contribution is 0.241. The largest absolute Gasteiger partial charge is 0.477 e. The van der Waals surface area contributed by atoms with Gasteiger partial charge >= 0.3 is 0 Å². The quantitative estimate of drug-likeness (QED) is 0.598. The van der Waals surface area contributed by atoms with E-state index in [4.69, 9.17) is 10.6 Å². The number of nitrogens with one attached hydrogen (secondary N) is 1. The standard InChI is InChI=1S/C13H22N4O/c1-2-5-11-12(17-14)15-9-16-13(11)18-8-10-6-3-4-7-10/h9-10H,2-8,14H2,1H3,(H,15,16,17). The maximum atomic E-state index is 5.87. The van der Waals surface area contributed by atoms with Gasteiger partial charge in [-0.25, -0.2) is 15.8 Å². The van der Waals surface area contributed by atoms with Crippen LogP contribution < -0.4 is 16.0 Å². The van der Waals surface area contributed by atoms with E-state index >= 15 is 0 Å². The zero-order valence-corrected chi connectivity index (χ0v) is 11.0. The van der Waals surface area contributed by atoms with E-state index in [9.17, 15) is 0 Å². The van der Waals surface area contributed by atoms with Crippen molar-refractivity contribution in [1.29, 1.82) is 0 Å². The fraction of sp³-hybridized carbons (Fsp3) is 0.692. The molecule has 3 N–H and O–H groups in total. The average molecular weight is 250 g/mol. The Bertz CT molecular complexity index is 377. The molecule has 18 heavy (non-hydrogen) atoms. The molecule has 1 heterocycles. The van der Waals surface area contributed by atoms with Crippen molar-refractivity contribution >= 4 is 5.82 Å². The first-order valence-corrected chi connectivity index (χ1v) is 6.78. The Balaban J connectivity index is 2.05. The average Bonchev–Trinajstić information content (AvgIpc) is 2.91. The highest BCUT2D eigenvalue weighted by molar-refractivity contribution is 5.47. The molecule has 0 aliphatic heterocycles. The number of nitrogen functional groups attached to an aromatic ring is 1. The van der Waals surface area contributed by atoms with Gasteiger partial charge in [-0.2, -0.15) is 0 Å². The predicted molar refractivity (Wildman–Crippen MR) is 71.3 cm³/mol. The second-order valence-electron chi connectivity index (χ2n) is 4.86. The molecule has 5 heteroatoms. The lowest BCUT2D eigenvalue weighted by Gasteiger charge is -2.15. The molecule has 5 nitrogen and oxygen atoms in total. The third-order valence-corrected chi connectivity index (χ3v) is 3.47. The Kier molecular flexibility index (Phi) is 4.75. The third-order valence-electron chi connectivity index (χ3n) is 3.47. The lowest BCUT2D eigenvalue weighted by Crippen LogP contribution is -2.15. The second kappa shape index (κ2) is 6.54. The fourth-order valence-electron chi connectivity index (χ4n) is 2.49. The number of nitrogens with zero attached hydrogens (tertiary/aromatic N) is 2. The molecule has 0 radical (unpaired) electrons. The highest BCUT2D eigenvalue weighted by Crippen LogP contribution is 2.27. The van der Waals surface area contributed by atoms with Crippen molar-refractivity contribution in [2.45, 2.75) is 45.4 Å². The lowest BCUT2D eigenvalue weighted by atomic mass is 10.1. The first-order chi connectivity index (χ1) is 8.85. The summed E-state index contributed by atoms with van der Waals surface area (Å²) in [6.07, 6.45) is 8.59. The Morgan fingerprint density at radius 3 is 2.83 bits per heavy atom. The molecule has 2 rings (SSSR count). The minimum Gasteiger partial charge on any atom is -0.477 e. The molecular weight excluding hydrogens is 228 g/mol. The van der Waals surface area contributed by atoms with Crippen LogP contribution in [0.1, 0.15) is 44.6 Å². The van der Waals surface area contributed by atoms with Gasteiger partial charge < -0.3 is 10.2 Å². The molecular formula is C13H22N4O. The van der Waals surface area contributed by atoms with Crippen LogP contribution in [-0.4, -0.2) is 16.6 Å². The zero-order valence-electron chi connectivity index (χ0n) is 11.0. The summed E-state index contributed by atoms with van der Waals surface area (Å²) in [5.41, 5.74) is 3.60. The highest BCUT2D eigenvalue weighted by atomic mass is 16.5. The molecule has 0 aromatic carbocycles. The summed E-state index contributed by atoms with van der Waals surface area (Å²) in [6, 6.07) is 0. The van der Waals surface area contributed by atoms with Crippen LogP contribution in [-0.2, 0) is 6.42 Å². The van der Waals surface area contributed by atoms with Crippen molar-refractivity contribution in [3.05, 3.63) is 11.9 Å². The van der Waals surface area contributed by atoms with Crippen molar-refractivity contribution in [2.24, 2.45) is 11.8 Å². The third kappa shape index (κ3) is 3.10. The Morgan fingerprint density at radius 1 is 1.39 bits per heavy atom. The van der Waals surface area contributed by atoms with Crippen LogP contribution in [0.2, 0.25) is 0 Å². The number of hydrogen-bond donors (Lipinski definition) is 2. The summed E-state index contributed by atoms with van der Waals surface area (Å²) >= 11 is 0. The molecule has 1 fully saturated rings. The summed E-state index contributed by atoms with van der Waals surface area (Å²) in [4.78, 5) is 8.37. The SMILES string of the molecule is CCCc1c(NN)ncnc1OCC1CCCC1. The van der Waals surface area contributed by atoms with Crippen molar-refractivity contribution in [3.63, 3.8) is 0 Å². The molecule has 1 saturated carbocycles. The van der Waals surface area contributed by atoms with Gasteiger partial charge in [0.2, 0.25) is 5.88 Å². The fourth-order valence-corrected chi connectivity index (χ4v) is 2.49. The van der Waals surface area contributed by atoms with Crippen LogP contribution in [0.15, 0.2) is 6.33 Å².